The Labute approximate surface area is 186 Å². The maximum Gasteiger partial charge on any atom is 0.194 e. The van der Waals surface area contributed by atoms with Crippen LogP contribution < -0.4 is 5.32 Å². The maximum atomic E-state index is 5.98. The number of hydrogen-bond donors (Lipinski definition) is 1. The van der Waals surface area contributed by atoms with Crippen LogP contribution in [0.2, 0.25) is 0 Å². The summed E-state index contributed by atoms with van der Waals surface area (Å²) in [4.78, 5) is 7.23. The fourth-order valence-corrected chi connectivity index (χ4v) is 3.64. The van der Waals surface area contributed by atoms with Crippen LogP contribution >= 0.6 is 24.0 Å². The molecule has 2 atom stereocenters. The molecule has 2 unspecified atom stereocenters. The van der Waals surface area contributed by atoms with E-state index in [1.807, 2.05) is 6.92 Å². The number of halogens is 1. The topological polar surface area (TPSA) is 55.3 Å². The molecule has 0 aromatic heterocycles. The van der Waals surface area contributed by atoms with E-state index < -0.39 is 0 Å². The summed E-state index contributed by atoms with van der Waals surface area (Å²) in [7, 11) is 0. The van der Waals surface area contributed by atoms with Crippen LogP contribution in [0.15, 0.2) is 29.3 Å². The molecule has 1 N–H and O–H groups in total. The SMILES string of the molecule is CCNC(=NCc1ccccc1COCC)N1CCOC(C2CCCO2)C1.I. The molecule has 6 nitrogen and oxygen atoms in total. The summed E-state index contributed by atoms with van der Waals surface area (Å²) in [5.41, 5.74) is 2.42. The van der Waals surface area contributed by atoms with Crippen molar-refractivity contribution in [3.8, 4) is 0 Å². The van der Waals surface area contributed by atoms with Gasteiger partial charge in [0.05, 0.1) is 25.9 Å². The lowest BCUT2D eigenvalue weighted by atomic mass is 10.1. The summed E-state index contributed by atoms with van der Waals surface area (Å²) in [6.45, 7) is 10.2. The van der Waals surface area contributed by atoms with E-state index in [1.54, 1.807) is 0 Å². The van der Waals surface area contributed by atoms with Crippen LogP contribution in [0.3, 0.4) is 0 Å². The number of nitrogens with zero attached hydrogens (tertiary/aromatic N) is 2. The molecule has 0 bridgehead atoms. The molecule has 28 heavy (non-hydrogen) atoms. The molecular formula is C21H34IN3O3. The summed E-state index contributed by atoms with van der Waals surface area (Å²) in [5.74, 6) is 0.954. The number of guanidine groups is 1. The van der Waals surface area contributed by atoms with Gasteiger partial charge in [0.25, 0.3) is 0 Å². The molecule has 2 fully saturated rings. The second-order valence-electron chi connectivity index (χ2n) is 6.98. The predicted octanol–water partition coefficient (Wildman–Crippen LogP) is 3.19. The minimum Gasteiger partial charge on any atom is -0.377 e. The van der Waals surface area contributed by atoms with Crippen molar-refractivity contribution in [1.82, 2.24) is 10.2 Å². The van der Waals surface area contributed by atoms with Gasteiger partial charge < -0.3 is 24.4 Å². The third-order valence-corrected chi connectivity index (χ3v) is 5.09. The normalized spacial score (nSPS) is 22.8. The number of aliphatic imine (C=N–C) groups is 1. The van der Waals surface area contributed by atoms with Gasteiger partial charge in [0.2, 0.25) is 0 Å². The molecule has 0 spiro atoms. The summed E-state index contributed by atoms with van der Waals surface area (Å²) >= 11 is 0. The molecule has 2 saturated heterocycles. The van der Waals surface area contributed by atoms with Crippen molar-refractivity contribution < 1.29 is 14.2 Å². The van der Waals surface area contributed by atoms with E-state index in [0.29, 0.717) is 13.2 Å². The standard InChI is InChI=1S/C21H33N3O3.HI/c1-3-22-21(23-14-17-8-5-6-9-18(17)16-25-4-2)24-11-13-27-20(15-24)19-10-7-12-26-19;/h5-6,8-9,19-20H,3-4,7,10-16H2,1-2H3,(H,22,23);1H. The van der Waals surface area contributed by atoms with E-state index in [2.05, 4.69) is 41.4 Å². The molecule has 1 aromatic rings. The minimum atomic E-state index is 0. The quantitative estimate of drug-likeness (QED) is 0.352. The molecule has 7 heteroatoms. The summed E-state index contributed by atoms with van der Waals surface area (Å²) < 4.78 is 17.4. The third kappa shape index (κ3) is 6.57. The Morgan fingerprint density at radius 3 is 2.68 bits per heavy atom. The fourth-order valence-electron chi connectivity index (χ4n) is 3.64. The first-order valence-electron chi connectivity index (χ1n) is 10.2. The molecule has 0 amide bonds. The second kappa shape index (κ2) is 12.6. The lowest BCUT2D eigenvalue weighted by Crippen LogP contribution is -2.53. The Hall–Kier alpha value is -0.900. The van der Waals surface area contributed by atoms with Crippen LogP contribution in [-0.4, -0.2) is 62.5 Å². The van der Waals surface area contributed by atoms with Gasteiger partial charge in [-0.1, -0.05) is 24.3 Å². The van der Waals surface area contributed by atoms with Gasteiger partial charge in [-0.05, 0) is 37.8 Å². The summed E-state index contributed by atoms with van der Waals surface area (Å²) in [5, 5.41) is 3.44. The van der Waals surface area contributed by atoms with E-state index >= 15 is 0 Å². The van der Waals surface area contributed by atoms with Crippen molar-refractivity contribution in [2.75, 3.05) is 39.5 Å². The van der Waals surface area contributed by atoms with Crippen LogP contribution in [0.1, 0.15) is 37.8 Å². The van der Waals surface area contributed by atoms with Gasteiger partial charge in [0.15, 0.2) is 5.96 Å². The number of rotatable bonds is 7. The Morgan fingerprint density at radius 1 is 1.18 bits per heavy atom. The lowest BCUT2D eigenvalue weighted by Gasteiger charge is -2.37. The molecule has 0 aliphatic carbocycles. The highest BCUT2D eigenvalue weighted by Gasteiger charge is 2.32. The van der Waals surface area contributed by atoms with E-state index in [0.717, 1.165) is 58.3 Å². The smallest absolute Gasteiger partial charge is 0.194 e. The van der Waals surface area contributed by atoms with E-state index in [1.165, 1.54) is 11.1 Å². The van der Waals surface area contributed by atoms with Crippen LogP contribution in [0, 0.1) is 0 Å². The number of benzene rings is 1. The Morgan fingerprint density at radius 2 is 1.96 bits per heavy atom. The highest BCUT2D eigenvalue weighted by molar-refractivity contribution is 14.0. The van der Waals surface area contributed by atoms with Gasteiger partial charge in [-0.2, -0.15) is 0 Å². The first-order valence-corrected chi connectivity index (χ1v) is 10.2. The Kier molecular flexibility index (Phi) is 10.5. The third-order valence-electron chi connectivity index (χ3n) is 5.09. The van der Waals surface area contributed by atoms with Crippen LogP contribution in [0.5, 0.6) is 0 Å². The Balaban J connectivity index is 0.00000280. The molecule has 2 aliphatic rings. The van der Waals surface area contributed by atoms with Crippen molar-refractivity contribution in [3.05, 3.63) is 35.4 Å². The van der Waals surface area contributed by atoms with Crippen LogP contribution in [-0.2, 0) is 27.4 Å². The molecule has 2 aliphatic heterocycles. The lowest BCUT2D eigenvalue weighted by molar-refractivity contribution is -0.0817. The first kappa shape index (κ1) is 23.4. The van der Waals surface area contributed by atoms with Crippen LogP contribution in [0.25, 0.3) is 0 Å². The average Bonchev–Trinajstić information content (AvgIpc) is 3.25. The molecule has 2 heterocycles. The molecule has 0 radical (unpaired) electrons. The highest BCUT2D eigenvalue weighted by atomic mass is 127. The van der Waals surface area contributed by atoms with Gasteiger partial charge in [-0.25, -0.2) is 4.99 Å². The van der Waals surface area contributed by atoms with Gasteiger partial charge in [0.1, 0.15) is 6.10 Å². The van der Waals surface area contributed by atoms with Crippen LogP contribution in [0.4, 0.5) is 0 Å². The monoisotopic (exact) mass is 503 g/mol. The zero-order chi connectivity index (χ0) is 18.9. The summed E-state index contributed by atoms with van der Waals surface area (Å²) in [6.07, 6.45) is 2.59. The first-order chi connectivity index (χ1) is 13.3. The minimum absolute atomic E-state index is 0. The highest BCUT2D eigenvalue weighted by Crippen LogP contribution is 2.21. The average molecular weight is 503 g/mol. The summed E-state index contributed by atoms with van der Waals surface area (Å²) in [6, 6.07) is 8.38. The van der Waals surface area contributed by atoms with Crippen molar-refractivity contribution >= 4 is 29.9 Å². The Bertz CT molecular complexity index is 608. The fraction of sp³-hybridized carbons (Fsp3) is 0.667. The van der Waals surface area contributed by atoms with Crippen molar-refractivity contribution in [3.63, 3.8) is 0 Å². The van der Waals surface area contributed by atoms with Gasteiger partial charge in [-0.15, -0.1) is 24.0 Å². The molecule has 0 saturated carbocycles. The van der Waals surface area contributed by atoms with E-state index in [-0.39, 0.29) is 36.2 Å². The molecule has 1 aromatic carbocycles. The largest absolute Gasteiger partial charge is 0.377 e. The number of nitrogens with one attached hydrogen (secondary N) is 1. The second-order valence-corrected chi connectivity index (χ2v) is 6.98. The zero-order valence-electron chi connectivity index (χ0n) is 17.1. The number of morpholine rings is 1. The van der Waals surface area contributed by atoms with Gasteiger partial charge >= 0.3 is 0 Å². The van der Waals surface area contributed by atoms with Gasteiger partial charge in [0, 0.05) is 32.8 Å². The van der Waals surface area contributed by atoms with Crippen molar-refractivity contribution in [2.45, 2.75) is 52.0 Å². The predicted molar refractivity (Wildman–Crippen MR) is 122 cm³/mol. The molecule has 3 rings (SSSR count). The number of hydrogen-bond acceptors (Lipinski definition) is 4. The van der Waals surface area contributed by atoms with E-state index in [9.17, 15) is 0 Å². The zero-order valence-corrected chi connectivity index (χ0v) is 19.4. The van der Waals surface area contributed by atoms with E-state index in [4.69, 9.17) is 19.2 Å². The maximum absolute atomic E-state index is 5.98. The van der Waals surface area contributed by atoms with Crippen molar-refractivity contribution in [1.29, 1.82) is 0 Å². The van der Waals surface area contributed by atoms with Gasteiger partial charge in [-0.3, -0.25) is 0 Å². The molecule has 158 valence electrons. The number of ether oxygens (including phenoxy) is 3. The molecular weight excluding hydrogens is 469 g/mol. The van der Waals surface area contributed by atoms with Crippen molar-refractivity contribution in [2.24, 2.45) is 4.99 Å².